The number of H-pyrrole nitrogens is 1. The quantitative estimate of drug-likeness (QED) is 0.718. The highest BCUT2D eigenvalue weighted by molar-refractivity contribution is 9.11. The zero-order chi connectivity index (χ0) is 14.7. The lowest BCUT2D eigenvalue weighted by Crippen LogP contribution is -2.04. The van der Waals surface area contributed by atoms with Crippen molar-refractivity contribution in [2.75, 3.05) is 0 Å². The van der Waals surface area contributed by atoms with E-state index in [1.165, 1.54) is 6.33 Å². The fraction of sp³-hybridized carbons (Fsp3) is 0.0714. The summed E-state index contributed by atoms with van der Waals surface area (Å²) in [6.07, 6.45) is 1.44. The largest absolute Gasteiger partial charge is 0.457 e. The van der Waals surface area contributed by atoms with Crippen molar-refractivity contribution < 1.29 is 9.53 Å². The van der Waals surface area contributed by atoms with Crippen LogP contribution in [-0.4, -0.2) is 21.2 Å². The van der Waals surface area contributed by atoms with Gasteiger partial charge in [0.05, 0.1) is 9.35 Å². The third-order valence-corrected chi connectivity index (χ3v) is 4.35. The molecule has 0 unspecified atom stereocenters. The Kier molecular flexibility index (Phi) is 4.12. The molecule has 3 rings (SSSR count). The Hall–Kier alpha value is -1.99. The molecule has 0 bridgehead atoms. The first-order chi connectivity index (χ1) is 10.2. The number of ether oxygens (including phenoxy) is 1. The number of benzene rings is 1. The topological polar surface area (TPSA) is 67.9 Å². The Morgan fingerprint density at radius 2 is 2.14 bits per heavy atom. The minimum Gasteiger partial charge on any atom is -0.457 e. The number of carbonyl (C=O) groups is 1. The number of nitrogens with zero attached hydrogens (tertiary/aromatic N) is 2. The predicted octanol–water partition coefficient (Wildman–Crippen LogP) is 3.65. The van der Waals surface area contributed by atoms with Crippen LogP contribution in [0.15, 0.2) is 45.8 Å². The van der Waals surface area contributed by atoms with Gasteiger partial charge >= 0.3 is 5.97 Å². The van der Waals surface area contributed by atoms with E-state index in [0.717, 1.165) is 14.9 Å². The third-order valence-electron chi connectivity index (χ3n) is 2.80. The first-order valence-electron chi connectivity index (χ1n) is 6.08. The Morgan fingerprint density at radius 3 is 2.76 bits per heavy atom. The summed E-state index contributed by atoms with van der Waals surface area (Å²) in [7, 11) is 0. The second-order valence-electron chi connectivity index (χ2n) is 4.25. The van der Waals surface area contributed by atoms with Crippen molar-refractivity contribution in [3.63, 3.8) is 0 Å². The van der Waals surface area contributed by atoms with Crippen molar-refractivity contribution in [1.29, 1.82) is 0 Å². The minimum atomic E-state index is -0.346. The van der Waals surface area contributed by atoms with E-state index in [1.54, 1.807) is 35.6 Å². The van der Waals surface area contributed by atoms with Gasteiger partial charge in [0.15, 0.2) is 5.82 Å². The standard InChI is InChI=1S/C14H10BrN3O2S/c15-12-5-9(7-21-12)6-20-14(19)11-3-1-10(2-4-11)13-16-8-17-18-13/h1-5,7-8H,6H2,(H,16,17,18). The summed E-state index contributed by atoms with van der Waals surface area (Å²) in [5.74, 6) is 0.319. The van der Waals surface area contributed by atoms with E-state index in [1.807, 2.05) is 11.4 Å². The Morgan fingerprint density at radius 1 is 1.33 bits per heavy atom. The SMILES string of the molecule is O=C(OCc1csc(Br)c1)c1ccc(-c2ncn[nH]2)cc1. The number of thiophene rings is 1. The first-order valence-corrected chi connectivity index (χ1v) is 7.75. The molecule has 0 saturated heterocycles. The molecule has 0 aliphatic carbocycles. The summed E-state index contributed by atoms with van der Waals surface area (Å²) in [6.45, 7) is 0.269. The number of nitrogens with one attached hydrogen (secondary N) is 1. The second kappa shape index (κ2) is 6.19. The van der Waals surface area contributed by atoms with Crippen molar-refractivity contribution in [3.8, 4) is 11.4 Å². The van der Waals surface area contributed by atoms with E-state index < -0.39 is 0 Å². The summed E-state index contributed by atoms with van der Waals surface area (Å²) in [5, 5.41) is 8.51. The van der Waals surface area contributed by atoms with Gasteiger partial charge in [-0.15, -0.1) is 11.3 Å². The first kappa shape index (κ1) is 14.0. The van der Waals surface area contributed by atoms with Crippen LogP contribution in [0.2, 0.25) is 0 Å². The molecule has 7 heteroatoms. The molecule has 0 amide bonds. The molecule has 0 saturated carbocycles. The zero-order valence-electron chi connectivity index (χ0n) is 10.7. The zero-order valence-corrected chi connectivity index (χ0v) is 13.1. The number of hydrogen-bond donors (Lipinski definition) is 1. The lowest BCUT2D eigenvalue weighted by Gasteiger charge is -2.04. The third kappa shape index (κ3) is 3.37. The van der Waals surface area contributed by atoms with Crippen LogP contribution in [0.5, 0.6) is 0 Å². The van der Waals surface area contributed by atoms with Crippen LogP contribution in [0.25, 0.3) is 11.4 Å². The summed E-state index contributed by atoms with van der Waals surface area (Å²) in [4.78, 5) is 16.0. The number of hydrogen-bond acceptors (Lipinski definition) is 5. The summed E-state index contributed by atoms with van der Waals surface area (Å²) in [5.41, 5.74) is 2.34. The highest BCUT2D eigenvalue weighted by Crippen LogP contribution is 2.21. The van der Waals surface area contributed by atoms with Crippen molar-refractivity contribution >= 4 is 33.2 Å². The monoisotopic (exact) mass is 363 g/mol. The minimum absolute atomic E-state index is 0.269. The Labute approximate surface area is 133 Å². The number of aromatic nitrogens is 3. The molecule has 0 aliphatic rings. The molecule has 5 nitrogen and oxygen atoms in total. The maximum absolute atomic E-state index is 12.0. The Bertz CT molecular complexity index is 738. The molecule has 0 radical (unpaired) electrons. The molecule has 1 N–H and O–H groups in total. The van der Waals surface area contributed by atoms with Crippen LogP contribution >= 0.6 is 27.3 Å². The summed E-state index contributed by atoms with van der Waals surface area (Å²) in [6, 6.07) is 8.97. The number of carbonyl (C=O) groups excluding carboxylic acids is 1. The van der Waals surface area contributed by atoms with Gasteiger partial charge < -0.3 is 4.74 Å². The summed E-state index contributed by atoms with van der Waals surface area (Å²) < 4.78 is 6.29. The van der Waals surface area contributed by atoms with Gasteiger partial charge in [-0.1, -0.05) is 12.1 Å². The van der Waals surface area contributed by atoms with E-state index in [-0.39, 0.29) is 12.6 Å². The highest BCUT2D eigenvalue weighted by atomic mass is 79.9. The van der Waals surface area contributed by atoms with Gasteiger partial charge in [0, 0.05) is 11.1 Å². The molecule has 2 aromatic heterocycles. The normalized spacial score (nSPS) is 10.5. The number of esters is 1. The smallest absolute Gasteiger partial charge is 0.338 e. The molecular weight excluding hydrogens is 354 g/mol. The highest BCUT2D eigenvalue weighted by Gasteiger charge is 2.09. The van der Waals surface area contributed by atoms with Gasteiger partial charge in [-0.2, -0.15) is 5.10 Å². The predicted molar refractivity (Wildman–Crippen MR) is 83.0 cm³/mol. The van der Waals surface area contributed by atoms with Crippen LogP contribution in [-0.2, 0) is 11.3 Å². The van der Waals surface area contributed by atoms with Crippen LogP contribution < -0.4 is 0 Å². The maximum atomic E-state index is 12.0. The molecule has 1 aromatic carbocycles. The van der Waals surface area contributed by atoms with E-state index >= 15 is 0 Å². The van der Waals surface area contributed by atoms with Crippen LogP contribution in [0.1, 0.15) is 15.9 Å². The average Bonchev–Trinajstić information content (AvgIpc) is 3.16. The Balaban J connectivity index is 1.65. The van der Waals surface area contributed by atoms with E-state index in [2.05, 4.69) is 31.1 Å². The van der Waals surface area contributed by atoms with Crippen molar-refractivity contribution in [1.82, 2.24) is 15.2 Å². The van der Waals surface area contributed by atoms with Gasteiger partial charge in [-0.3, -0.25) is 5.10 Å². The van der Waals surface area contributed by atoms with Gasteiger partial charge in [0.1, 0.15) is 12.9 Å². The number of rotatable bonds is 4. The molecule has 0 spiro atoms. The number of halogens is 1. The molecule has 0 aliphatic heterocycles. The van der Waals surface area contributed by atoms with E-state index in [4.69, 9.17) is 4.74 Å². The second-order valence-corrected chi connectivity index (χ2v) is 6.54. The van der Waals surface area contributed by atoms with Crippen molar-refractivity contribution in [3.05, 3.63) is 57.0 Å². The lowest BCUT2D eigenvalue weighted by atomic mass is 10.1. The fourth-order valence-corrected chi connectivity index (χ4v) is 2.96. The molecule has 3 aromatic rings. The molecule has 0 fully saturated rings. The van der Waals surface area contributed by atoms with Gasteiger partial charge in [-0.05, 0) is 39.5 Å². The fourth-order valence-electron chi connectivity index (χ4n) is 1.76. The average molecular weight is 364 g/mol. The van der Waals surface area contributed by atoms with Crippen LogP contribution in [0.3, 0.4) is 0 Å². The number of aromatic amines is 1. The van der Waals surface area contributed by atoms with E-state index in [0.29, 0.717) is 11.4 Å². The maximum Gasteiger partial charge on any atom is 0.338 e. The molecule has 106 valence electrons. The summed E-state index contributed by atoms with van der Waals surface area (Å²) >= 11 is 4.94. The van der Waals surface area contributed by atoms with Crippen LogP contribution in [0.4, 0.5) is 0 Å². The van der Waals surface area contributed by atoms with Crippen molar-refractivity contribution in [2.45, 2.75) is 6.61 Å². The van der Waals surface area contributed by atoms with Gasteiger partial charge in [0.25, 0.3) is 0 Å². The molecule has 21 heavy (non-hydrogen) atoms. The van der Waals surface area contributed by atoms with Gasteiger partial charge in [0.2, 0.25) is 0 Å². The van der Waals surface area contributed by atoms with E-state index in [9.17, 15) is 4.79 Å². The molecular formula is C14H10BrN3O2S. The lowest BCUT2D eigenvalue weighted by molar-refractivity contribution is 0.0473. The molecule has 2 heterocycles. The van der Waals surface area contributed by atoms with Gasteiger partial charge in [-0.25, -0.2) is 9.78 Å². The van der Waals surface area contributed by atoms with Crippen LogP contribution in [0, 0.1) is 0 Å². The molecule has 0 atom stereocenters. The van der Waals surface area contributed by atoms with Crippen molar-refractivity contribution in [2.24, 2.45) is 0 Å².